The van der Waals surface area contributed by atoms with E-state index in [0.717, 1.165) is 0 Å². The van der Waals surface area contributed by atoms with Gasteiger partial charge in [-0.1, -0.05) is 17.3 Å². The van der Waals surface area contributed by atoms with Crippen LogP contribution in [0.1, 0.15) is 54.1 Å². The van der Waals surface area contributed by atoms with E-state index in [2.05, 4.69) is 20.7 Å². The standard InChI is InChI=1S/C18H17FN4O4/c1-9(24)17-21-22-18(26-17)11-6-13(7-11)20-16(25)14-8-15(27-23-14)10-3-2-4-12(19)5-10/h2-5,8-9,11,13,24H,6-7H2,1H3,(H,20,25)/t9-,11-,13-/m1/s1. The van der Waals surface area contributed by atoms with Crippen molar-refractivity contribution in [3.8, 4) is 11.3 Å². The second-order valence-electron chi connectivity index (χ2n) is 6.58. The molecule has 1 aliphatic carbocycles. The van der Waals surface area contributed by atoms with Crippen molar-refractivity contribution in [2.45, 2.75) is 37.8 Å². The first kappa shape index (κ1) is 17.3. The lowest BCUT2D eigenvalue weighted by Gasteiger charge is -2.33. The average molecular weight is 372 g/mol. The van der Waals surface area contributed by atoms with Crippen LogP contribution in [0.3, 0.4) is 0 Å². The molecule has 0 saturated heterocycles. The number of benzene rings is 1. The Balaban J connectivity index is 1.34. The number of aliphatic hydroxyl groups is 1. The maximum absolute atomic E-state index is 13.3. The number of nitrogens with zero attached hydrogens (tertiary/aromatic N) is 3. The number of carbonyl (C=O) groups excluding carboxylic acids is 1. The molecule has 0 bridgehead atoms. The van der Waals surface area contributed by atoms with Crippen LogP contribution in [-0.2, 0) is 0 Å². The zero-order valence-electron chi connectivity index (χ0n) is 14.4. The van der Waals surface area contributed by atoms with E-state index in [-0.39, 0.29) is 29.5 Å². The van der Waals surface area contributed by atoms with Gasteiger partial charge in [-0.05, 0) is 31.9 Å². The molecule has 140 valence electrons. The zero-order chi connectivity index (χ0) is 19.0. The summed E-state index contributed by atoms with van der Waals surface area (Å²) in [5.74, 6) is 0.268. The molecule has 0 spiro atoms. The van der Waals surface area contributed by atoms with E-state index >= 15 is 0 Å². The van der Waals surface area contributed by atoms with Crippen LogP contribution in [0.15, 0.2) is 39.3 Å². The van der Waals surface area contributed by atoms with E-state index in [0.29, 0.717) is 30.1 Å². The van der Waals surface area contributed by atoms with E-state index in [1.807, 2.05) is 0 Å². The fraction of sp³-hybridized carbons (Fsp3) is 0.333. The highest BCUT2D eigenvalue weighted by Crippen LogP contribution is 2.36. The number of hydrogen-bond acceptors (Lipinski definition) is 7. The fourth-order valence-electron chi connectivity index (χ4n) is 2.94. The third-order valence-electron chi connectivity index (χ3n) is 4.49. The number of halogens is 1. The summed E-state index contributed by atoms with van der Waals surface area (Å²) < 4.78 is 23.8. The number of carbonyl (C=O) groups is 1. The number of aromatic nitrogens is 3. The van der Waals surface area contributed by atoms with Crippen LogP contribution in [0.2, 0.25) is 0 Å². The first-order chi connectivity index (χ1) is 13.0. The van der Waals surface area contributed by atoms with Crippen molar-refractivity contribution >= 4 is 5.91 Å². The van der Waals surface area contributed by atoms with E-state index in [9.17, 15) is 14.3 Å². The van der Waals surface area contributed by atoms with Crippen molar-refractivity contribution in [1.82, 2.24) is 20.7 Å². The minimum Gasteiger partial charge on any atom is -0.422 e. The lowest BCUT2D eigenvalue weighted by Crippen LogP contribution is -2.43. The molecule has 1 saturated carbocycles. The predicted octanol–water partition coefficient (Wildman–Crippen LogP) is 2.59. The second-order valence-corrected chi connectivity index (χ2v) is 6.58. The highest BCUT2D eigenvalue weighted by molar-refractivity contribution is 5.93. The Morgan fingerprint density at radius 1 is 1.33 bits per heavy atom. The average Bonchev–Trinajstić information content (AvgIpc) is 3.27. The van der Waals surface area contributed by atoms with Gasteiger partial charge in [0.05, 0.1) is 0 Å². The van der Waals surface area contributed by atoms with Crippen LogP contribution in [-0.4, -0.2) is 32.4 Å². The highest BCUT2D eigenvalue weighted by Gasteiger charge is 2.36. The summed E-state index contributed by atoms with van der Waals surface area (Å²) in [6, 6.07) is 7.31. The summed E-state index contributed by atoms with van der Waals surface area (Å²) in [5.41, 5.74) is 0.641. The Kier molecular flexibility index (Phi) is 4.44. The van der Waals surface area contributed by atoms with E-state index in [1.165, 1.54) is 18.2 Å². The molecule has 2 heterocycles. The van der Waals surface area contributed by atoms with Gasteiger partial charge in [-0.25, -0.2) is 4.39 Å². The summed E-state index contributed by atoms with van der Waals surface area (Å²) >= 11 is 0. The first-order valence-corrected chi connectivity index (χ1v) is 8.54. The van der Waals surface area contributed by atoms with Crippen molar-refractivity contribution in [1.29, 1.82) is 0 Å². The molecule has 9 heteroatoms. The van der Waals surface area contributed by atoms with Crippen LogP contribution < -0.4 is 5.32 Å². The molecule has 0 aliphatic heterocycles. The summed E-state index contributed by atoms with van der Waals surface area (Å²) in [4.78, 5) is 12.3. The van der Waals surface area contributed by atoms with Crippen LogP contribution in [0, 0.1) is 5.82 Å². The van der Waals surface area contributed by atoms with Gasteiger partial charge in [-0.3, -0.25) is 4.79 Å². The van der Waals surface area contributed by atoms with Gasteiger partial charge in [-0.15, -0.1) is 10.2 Å². The number of amides is 1. The van der Waals surface area contributed by atoms with E-state index in [4.69, 9.17) is 8.94 Å². The molecule has 0 unspecified atom stereocenters. The smallest absolute Gasteiger partial charge is 0.273 e. The summed E-state index contributed by atoms with van der Waals surface area (Å²) in [7, 11) is 0. The largest absolute Gasteiger partial charge is 0.422 e. The molecule has 4 rings (SSSR count). The van der Waals surface area contributed by atoms with Crippen LogP contribution >= 0.6 is 0 Å². The van der Waals surface area contributed by atoms with Gasteiger partial charge >= 0.3 is 0 Å². The SMILES string of the molecule is C[C@@H](O)c1nnc([C@H]2C[C@H](NC(=O)c3cc(-c4cccc(F)c4)on3)C2)o1. The van der Waals surface area contributed by atoms with Gasteiger partial charge in [0.2, 0.25) is 11.8 Å². The summed E-state index contributed by atoms with van der Waals surface area (Å²) in [6.07, 6.45) is 0.505. The van der Waals surface area contributed by atoms with Crippen molar-refractivity contribution in [3.05, 3.63) is 53.6 Å². The number of aliphatic hydroxyl groups excluding tert-OH is 1. The lowest BCUT2D eigenvalue weighted by atomic mass is 9.80. The van der Waals surface area contributed by atoms with Crippen molar-refractivity contribution in [2.75, 3.05) is 0 Å². The van der Waals surface area contributed by atoms with Crippen molar-refractivity contribution < 1.29 is 23.2 Å². The van der Waals surface area contributed by atoms with Gasteiger partial charge < -0.3 is 19.4 Å². The third-order valence-corrected chi connectivity index (χ3v) is 4.49. The molecule has 3 aromatic rings. The normalized spacial score (nSPS) is 20.1. The Labute approximate surface area is 153 Å². The molecule has 1 aromatic carbocycles. The molecule has 2 aromatic heterocycles. The molecular weight excluding hydrogens is 355 g/mol. The number of rotatable bonds is 5. The van der Waals surface area contributed by atoms with E-state index in [1.54, 1.807) is 19.1 Å². The molecule has 1 fully saturated rings. The molecule has 2 N–H and O–H groups in total. The van der Waals surface area contributed by atoms with Gasteiger partial charge in [0.25, 0.3) is 5.91 Å². The second kappa shape index (κ2) is 6.92. The van der Waals surface area contributed by atoms with Crippen LogP contribution in [0.25, 0.3) is 11.3 Å². The minimum absolute atomic E-state index is 0.0429. The molecule has 1 aliphatic rings. The maximum atomic E-state index is 13.3. The van der Waals surface area contributed by atoms with Crippen LogP contribution in [0.4, 0.5) is 4.39 Å². The molecule has 0 radical (unpaired) electrons. The molecule has 27 heavy (non-hydrogen) atoms. The zero-order valence-corrected chi connectivity index (χ0v) is 14.4. The number of nitrogens with one attached hydrogen (secondary N) is 1. The summed E-state index contributed by atoms with van der Waals surface area (Å²) in [5, 5.41) is 23.7. The van der Waals surface area contributed by atoms with Gasteiger partial charge in [0, 0.05) is 23.6 Å². The molecular formula is C18H17FN4O4. The minimum atomic E-state index is -0.804. The van der Waals surface area contributed by atoms with Crippen molar-refractivity contribution in [3.63, 3.8) is 0 Å². The van der Waals surface area contributed by atoms with E-state index < -0.39 is 11.9 Å². The van der Waals surface area contributed by atoms with Gasteiger partial charge in [-0.2, -0.15) is 0 Å². The first-order valence-electron chi connectivity index (χ1n) is 8.54. The molecule has 1 amide bonds. The highest BCUT2D eigenvalue weighted by atomic mass is 19.1. The lowest BCUT2D eigenvalue weighted by molar-refractivity contribution is 0.0892. The molecule has 1 atom stereocenters. The Hall–Kier alpha value is -3.07. The van der Waals surface area contributed by atoms with Gasteiger partial charge in [0.1, 0.15) is 11.9 Å². The number of hydrogen-bond donors (Lipinski definition) is 2. The fourth-order valence-corrected chi connectivity index (χ4v) is 2.94. The van der Waals surface area contributed by atoms with Crippen molar-refractivity contribution in [2.24, 2.45) is 0 Å². The topological polar surface area (TPSA) is 114 Å². The third kappa shape index (κ3) is 3.59. The Bertz CT molecular complexity index is 962. The quantitative estimate of drug-likeness (QED) is 0.707. The Morgan fingerprint density at radius 3 is 2.85 bits per heavy atom. The monoisotopic (exact) mass is 372 g/mol. The summed E-state index contributed by atoms with van der Waals surface area (Å²) in [6.45, 7) is 1.55. The van der Waals surface area contributed by atoms with Crippen LogP contribution in [0.5, 0.6) is 0 Å². The maximum Gasteiger partial charge on any atom is 0.273 e. The predicted molar refractivity (Wildman–Crippen MR) is 90.1 cm³/mol. The van der Waals surface area contributed by atoms with Gasteiger partial charge in [0.15, 0.2) is 11.5 Å². The Morgan fingerprint density at radius 2 is 2.15 bits per heavy atom. The molecule has 8 nitrogen and oxygen atoms in total.